The van der Waals surface area contributed by atoms with E-state index < -0.39 is 0 Å². The monoisotopic (exact) mass is 321 g/mol. The van der Waals surface area contributed by atoms with Crippen LogP contribution in [0.5, 0.6) is 5.75 Å². The fourth-order valence-electron chi connectivity index (χ4n) is 1.97. The second-order valence-electron chi connectivity index (χ2n) is 4.87. The van der Waals surface area contributed by atoms with Crippen molar-refractivity contribution in [2.75, 3.05) is 5.32 Å². The molecule has 3 rings (SSSR count). The van der Waals surface area contributed by atoms with Crippen molar-refractivity contribution in [3.8, 4) is 5.75 Å². The van der Waals surface area contributed by atoms with Gasteiger partial charge in [-0.25, -0.2) is 0 Å². The van der Waals surface area contributed by atoms with E-state index in [1.807, 2.05) is 30.3 Å². The van der Waals surface area contributed by atoms with Gasteiger partial charge in [-0.15, -0.1) is 9.90 Å². The molecule has 1 N–H and O–H groups in total. The predicted octanol–water partition coefficient (Wildman–Crippen LogP) is 2.60. The van der Waals surface area contributed by atoms with Crippen LogP contribution in [0, 0.1) is 0 Å². The molecule has 120 valence electrons. The highest BCUT2D eigenvalue weighted by atomic mass is 16.5. The van der Waals surface area contributed by atoms with Crippen LogP contribution >= 0.6 is 0 Å². The van der Waals surface area contributed by atoms with E-state index in [2.05, 4.69) is 27.3 Å². The summed E-state index contributed by atoms with van der Waals surface area (Å²) >= 11 is 0. The Kier molecular flexibility index (Phi) is 4.62. The highest BCUT2D eigenvalue weighted by Gasteiger charge is 2.09. The van der Waals surface area contributed by atoms with Gasteiger partial charge in [0.2, 0.25) is 0 Å². The first-order valence-electron chi connectivity index (χ1n) is 7.25. The van der Waals surface area contributed by atoms with Gasteiger partial charge in [0.05, 0.1) is 0 Å². The minimum Gasteiger partial charge on any atom is -0.489 e. The Morgan fingerprint density at radius 2 is 1.92 bits per heavy atom. The summed E-state index contributed by atoms with van der Waals surface area (Å²) in [6.45, 7) is 3.98. The standard InChI is InChI=1S/C17H15N5O2/c1-2-22-20-17(19-21-22)18-16(23)14-8-10-15(11-9-14)24-12-13-6-4-3-5-7-13/h2-11H,1,12H2,(H,18,20,23). The lowest BCUT2D eigenvalue weighted by Gasteiger charge is -2.07. The fourth-order valence-corrected chi connectivity index (χ4v) is 1.97. The second-order valence-corrected chi connectivity index (χ2v) is 4.87. The van der Waals surface area contributed by atoms with Crippen LogP contribution in [0.2, 0.25) is 0 Å². The van der Waals surface area contributed by atoms with Crippen LogP contribution in [0.3, 0.4) is 0 Å². The molecule has 0 bridgehead atoms. The number of carbonyl (C=O) groups is 1. The number of amides is 1. The van der Waals surface area contributed by atoms with Crippen molar-refractivity contribution in [3.05, 3.63) is 72.3 Å². The number of rotatable bonds is 6. The molecule has 0 unspecified atom stereocenters. The summed E-state index contributed by atoms with van der Waals surface area (Å²) in [4.78, 5) is 13.3. The normalized spacial score (nSPS) is 10.2. The maximum absolute atomic E-state index is 12.1. The molecule has 0 spiro atoms. The van der Waals surface area contributed by atoms with E-state index in [1.54, 1.807) is 24.3 Å². The molecule has 1 heterocycles. The van der Waals surface area contributed by atoms with Gasteiger partial charge in [-0.2, -0.15) is 0 Å². The average molecular weight is 321 g/mol. The molecular weight excluding hydrogens is 306 g/mol. The highest BCUT2D eigenvalue weighted by Crippen LogP contribution is 2.15. The second kappa shape index (κ2) is 7.19. The van der Waals surface area contributed by atoms with Crippen LogP contribution in [0.15, 0.2) is 61.2 Å². The Morgan fingerprint density at radius 3 is 2.58 bits per heavy atom. The maximum Gasteiger partial charge on any atom is 0.270 e. The van der Waals surface area contributed by atoms with E-state index in [-0.39, 0.29) is 11.9 Å². The van der Waals surface area contributed by atoms with Gasteiger partial charge >= 0.3 is 0 Å². The smallest absolute Gasteiger partial charge is 0.270 e. The van der Waals surface area contributed by atoms with Crippen LogP contribution in [-0.4, -0.2) is 26.1 Å². The molecule has 0 fully saturated rings. The Bertz CT molecular complexity index is 828. The van der Waals surface area contributed by atoms with Crippen LogP contribution in [0.1, 0.15) is 15.9 Å². The molecule has 7 nitrogen and oxygen atoms in total. The Labute approximate surface area is 138 Å². The van der Waals surface area contributed by atoms with Gasteiger partial charge < -0.3 is 4.74 Å². The summed E-state index contributed by atoms with van der Waals surface area (Å²) in [5.41, 5.74) is 1.55. The molecule has 1 aromatic heterocycles. The summed E-state index contributed by atoms with van der Waals surface area (Å²) < 4.78 is 5.68. The predicted molar refractivity (Wildman–Crippen MR) is 89.4 cm³/mol. The van der Waals surface area contributed by atoms with Crippen molar-refractivity contribution < 1.29 is 9.53 Å². The van der Waals surface area contributed by atoms with Gasteiger partial charge in [0.15, 0.2) is 0 Å². The number of aromatic nitrogens is 4. The summed E-state index contributed by atoms with van der Waals surface area (Å²) in [5, 5.41) is 13.8. The van der Waals surface area contributed by atoms with Crippen LogP contribution in [0.25, 0.3) is 6.20 Å². The molecule has 0 aliphatic heterocycles. The first-order chi connectivity index (χ1) is 11.7. The summed E-state index contributed by atoms with van der Waals surface area (Å²) in [7, 11) is 0. The van der Waals surface area contributed by atoms with E-state index >= 15 is 0 Å². The number of ether oxygens (including phenoxy) is 1. The molecule has 1 amide bonds. The third-order valence-corrected chi connectivity index (χ3v) is 3.18. The van der Waals surface area contributed by atoms with E-state index in [0.29, 0.717) is 17.9 Å². The topological polar surface area (TPSA) is 81.9 Å². The zero-order valence-corrected chi connectivity index (χ0v) is 12.8. The lowest BCUT2D eigenvalue weighted by atomic mass is 10.2. The van der Waals surface area contributed by atoms with Crippen molar-refractivity contribution in [2.24, 2.45) is 0 Å². The molecule has 0 radical (unpaired) electrons. The Hall–Kier alpha value is -3.48. The van der Waals surface area contributed by atoms with Crippen LogP contribution in [0.4, 0.5) is 5.95 Å². The van der Waals surface area contributed by atoms with Crippen molar-refractivity contribution in [2.45, 2.75) is 6.61 Å². The minimum absolute atomic E-state index is 0.115. The lowest BCUT2D eigenvalue weighted by molar-refractivity contribution is 0.102. The average Bonchev–Trinajstić information content (AvgIpc) is 3.09. The Morgan fingerprint density at radius 1 is 1.17 bits per heavy atom. The lowest BCUT2D eigenvalue weighted by Crippen LogP contribution is -2.13. The number of tetrazole rings is 1. The van der Waals surface area contributed by atoms with Gasteiger partial charge in [-0.3, -0.25) is 10.1 Å². The SMILES string of the molecule is C=Cn1nnc(NC(=O)c2ccc(OCc3ccccc3)cc2)n1. The summed E-state index contributed by atoms with van der Waals surface area (Å²) in [5.74, 6) is 0.476. The molecule has 0 saturated carbocycles. The molecular formula is C17H15N5O2. The highest BCUT2D eigenvalue weighted by molar-refractivity contribution is 6.03. The van der Waals surface area contributed by atoms with Gasteiger partial charge in [0.25, 0.3) is 11.9 Å². The zero-order valence-electron chi connectivity index (χ0n) is 12.8. The number of nitrogens with zero attached hydrogens (tertiary/aromatic N) is 4. The first kappa shape index (κ1) is 15.4. The number of benzene rings is 2. The zero-order chi connectivity index (χ0) is 16.8. The van der Waals surface area contributed by atoms with Crippen molar-refractivity contribution in [3.63, 3.8) is 0 Å². The van der Waals surface area contributed by atoms with Gasteiger partial charge in [0.1, 0.15) is 12.4 Å². The first-order valence-corrected chi connectivity index (χ1v) is 7.25. The summed E-state index contributed by atoms with van der Waals surface area (Å²) in [6, 6.07) is 16.7. The third kappa shape index (κ3) is 3.83. The van der Waals surface area contributed by atoms with Crippen LogP contribution < -0.4 is 10.1 Å². The fraction of sp³-hybridized carbons (Fsp3) is 0.0588. The molecule has 0 saturated heterocycles. The number of anilines is 1. The third-order valence-electron chi connectivity index (χ3n) is 3.18. The minimum atomic E-state index is -0.326. The number of nitrogens with one attached hydrogen (secondary N) is 1. The number of carbonyl (C=O) groups excluding carboxylic acids is 1. The van der Waals surface area contributed by atoms with Gasteiger partial charge in [-0.1, -0.05) is 42.0 Å². The quantitative estimate of drug-likeness (QED) is 0.754. The van der Waals surface area contributed by atoms with E-state index in [9.17, 15) is 4.79 Å². The Balaban J connectivity index is 1.59. The van der Waals surface area contributed by atoms with E-state index in [0.717, 1.165) is 10.4 Å². The largest absolute Gasteiger partial charge is 0.489 e. The van der Waals surface area contributed by atoms with Crippen molar-refractivity contribution in [1.82, 2.24) is 20.2 Å². The van der Waals surface area contributed by atoms with E-state index in [1.165, 1.54) is 6.20 Å². The maximum atomic E-state index is 12.1. The van der Waals surface area contributed by atoms with Gasteiger partial charge in [0, 0.05) is 11.8 Å². The molecule has 3 aromatic rings. The van der Waals surface area contributed by atoms with Crippen molar-refractivity contribution >= 4 is 18.1 Å². The van der Waals surface area contributed by atoms with Gasteiger partial charge in [-0.05, 0) is 35.0 Å². The molecule has 0 aliphatic carbocycles. The van der Waals surface area contributed by atoms with Crippen LogP contribution in [-0.2, 0) is 6.61 Å². The number of hydrogen-bond acceptors (Lipinski definition) is 5. The molecule has 0 atom stereocenters. The molecule has 0 aliphatic rings. The number of hydrogen-bond donors (Lipinski definition) is 1. The van der Waals surface area contributed by atoms with E-state index in [4.69, 9.17) is 4.74 Å². The molecule has 7 heteroatoms. The molecule has 2 aromatic carbocycles. The molecule has 24 heavy (non-hydrogen) atoms. The van der Waals surface area contributed by atoms with Crippen molar-refractivity contribution in [1.29, 1.82) is 0 Å². The summed E-state index contributed by atoms with van der Waals surface area (Å²) in [6.07, 6.45) is 1.38.